The molecule has 1 fully saturated rings. The molecule has 7 heteroatoms. The number of hydrogen-bond donors (Lipinski definition) is 1. The minimum Gasteiger partial charge on any atom is -0.340 e. The number of imidazole rings is 1. The molecule has 7 nitrogen and oxygen atoms in total. The number of anilines is 1. The van der Waals surface area contributed by atoms with E-state index in [0.717, 1.165) is 37.7 Å². The molecule has 1 aliphatic rings. The maximum absolute atomic E-state index is 12.9. The average molecular weight is 338 g/mol. The molecule has 0 aliphatic carbocycles. The number of rotatable bonds is 4. The minimum absolute atomic E-state index is 0.0303. The summed E-state index contributed by atoms with van der Waals surface area (Å²) in [7, 11) is 0. The third kappa shape index (κ3) is 2.91. The fraction of sp³-hybridized carbons (Fsp3) is 0.389. The lowest BCUT2D eigenvalue weighted by molar-refractivity contribution is 0.571. The third-order valence-corrected chi connectivity index (χ3v) is 4.64. The molecule has 1 saturated heterocycles. The van der Waals surface area contributed by atoms with Gasteiger partial charge in [-0.05, 0) is 12.5 Å². The number of aryl methyl sites for hydroxylation is 1. The topological polar surface area (TPSA) is 68.0 Å². The van der Waals surface area contributed by atoms with E-state index in [1.807, 2.05) is 29.7 Å². The molecule has 130 valence electrons. The van der Waals surface area contributed by atoms with Crippen LogP contribution < -0.4 is 15.8 Å². The molecule has 0 radical (unpaired) electrons. The van der Waals surface area contributed by atoms with E-state index in [-0.39, 0.29) is 5.56 Å². The number of piperazine rings is 1. The van der Waals surface area contributed by atoms with E-state index in [9.17, 15) is 4.79 Å². The Kier molecular flexibility index (Phi) is 4.23. The standard InChI is InChI=1S/C18H22N6O/c1-2-22-13-20-16-15(17(22)25)24(12-14-6-4-3-5-7-14)18(21-16)23-10-8-19-9-11-23/h3-7,13,19H,2,8-12H2,1H3. The van der Waals surface area contributed by atoms with Gasteiger partial charge in [0.25, 0.3) is 5.56 Å². The summed E-state index contributed by atoms with van der Waals surface area (Å²) in [6, 6.07) is 10.2. The van der Waals surface area contributed by atoms with Gasteiger partial charge in [0.05, 0.1) is 6.54 Å². The Morgan fingerprint density at radius 2 is 1.92 bits per heavy atom. The second-order valence-corrected chi connectivity index (χ2v) is 6.23. The molecule has 2 aromatic heterocycles. The quantitative estimate of drug-likeness (QED) is 0.771. The van der Waals surface area contributed by atoms with Crippen molar-refractivity contribution in [2.24, 2.45) is 0 Å². The highest BCUT2D eigenvalue weighted by atomic mass is 16.1. The molecule has 3 aromatic rings. The van der Waals surface area contributed by atoms with Crippen LogP contribution in [0.4, 0.5) is 5.95 Å². The van der Waals surface area contributed by atoms with E-state index in [1.165, 1.54) is 0 Å². The van der Waals surface area contributed by atoms with Crippen LogP contribution in [0.15, 0.2) is 41.5 Å². The summed E-state index contributed by atoms with van der Waals surface area (Å²) >= 11 is 0. The van der Waals surface area contributed by atoms with Gasteiger partial charge in [0.15, 0.2) is 11.2 Å². The monoisotopic (exact) mass is 338 g/mol. The van der Waals surface area contributed by atoms with Crippen LogP contribution in [0, 0.1) is 0 Å². The summed E-state index contributed by atoms with van der Waals surface area (Å²) in [6.45, 7) is 6.75. The summed E-state index contributed by atoms with van der Waals surface area (Å²) in [5, 5.41) is 3.36. The van der Waals surface area contributed by atoms with Gasteiger partial charge in [-0.1, -0.05) is 30.3 Å². The molecule has 0 spiro atoms. The Balaban J connectivity index is 1.89. The highest BCUT2D eigenvalue weighted by Gasteiger charge is 2.22. The predicted molar refractivity (Wildman–Crippen MR) is 98.1 cm³/mol. The van der Waals surface area contributed by atoms with Crippen molar-refractivity contribution in [1.29, 1.82) is 0 Å². The molecule has 1 aliphatic heterocycles. The van der Waals surface area contributed by atoms with Crippen molar-refractivity contribution in [2.75, 3.05) is 31.1 Å². The van der Waals surface area contributed by atoms with Gasteiger partial charge in [-0.15, -0.1) is 0 Å². The molecule has 1 aromatic carbocycles. The highest BCUT2D eigenvalue weighted by Crippen LogP contribution is 2.21. The number of benzene rings is 1. The van der Waals surface area contributed by atoms with Gasteiger partial charge in [0.1, 0.15) is 6.33 Å². The Labute approximate surface area is 145 Å². The molecular formula is C18H22N6O. The van der Waals surface area contributed by atoms with E-state index in [0.29, 0.717) is 24.3 Å². The molecule has 0 unspecified atom stereocenters. The van der Waals surface area contributed by atoms with E-state index in [1.54, 1.807) is 10.9 Å². The van der Waals surface area contributed by atoms with Crippen LogP contribution in [0.5, 0.6) is 0 Å². The van der Waals surface area contributed by atoms with Crippen molar-refractivity contribution >= 4 is 17.1 Å². The van der Waals surface area contributed by atoms with E-state index in [4.69, 9.17) is 4.98 Å². The van der Waals surface area contributed by atoms with Gasteiger partial charge in [-0.2, -0.15) is 4.98 Å². The maximum Gasteiger partial charge on any atom is 0.279 e. The molecule has 4 rings (SSSR count). The highest BCUT2D eigenvalue weighted by molar-refractivity contribution is 5.74. The van der Waals surface area contributed by atoms with Gasteiger partial charge in [0, 0.05) is 32.7 Å². The van der Waals surface area contributed by atoms with Gasteiger partial charge < -0.3 is 10.2 Å². The third-order valence-electron chi connectivity index (χ3n) is 4.64. The summed E-state index contributed by atoms with van der Waals surface area (Å²) < 4.78 is 3.66. The zero-order chi connectivity index (χ0) is 17.2. The maximum atomic E-state index is 12.9. The van der Waals surface area contributed by atoms with Crippen LogP contribution in [0.1, 0.15) is 12.5 Å². The minimum atomic E-state index is -0.0303. The first kappa shape index (κ1) is 15.8. The van der Waals surface area contributed by atoms with Crippen LogP contribution in [0.3, 0.4) is 0 Å². The van der Waals surface area contributed by atoms with Gasteiger partial charge in [0.2, 0.25) is 5.95 Å². The number of nitrogens with one attached hydrogen (secondary N) is 1. The smallest absolute Gasteiger partial charge is 0.279 e. The van der Waals surface area contributed by atoms with Crippen LogP contribution in [-0.2, 0) is 13.1 Å². The number of aromatic nitrogens is 4. The van der Waals surface area contributed by atoms with Gasteiger partial charge in [-0.3, -0.25) is 13.9 Å². The lowest BCUT2D eigenvalue weighted by atomic mass is 10.2. The Bertz CT molecular complexity index is 924. The molecule has 1 N–H and O–H groups in total. The normalized spacial score (nSPS) is 15.0. The van der Waals surface area contributed by atoms with Crippen molar-refractivity contribution in [3.05, 3.63) is 52.6 Å². The lowest BCUT2D eigenvalue weighted by Crippen LogP contribution is -2.44. The predicted octanol–water partition coefficient (Wildman–Crippen LogP) is 1.07. The molecule has 0 amide bonds. The van der Waals surface area contributed by atoms with Crippen LogP contribution >= 0.6 is 0 Å². The van der Waals surface area contributed by atoms with E-state index < -0.39 is 0 Å². The van der Waals surface area contributed by atoms with Crippen LogP contribution in [0.25, 0.3) is 11.2 Å². The Morgan fingerprint density at radius 3 is 2.64 bits per heavy atom. The molecule has 25 heavy (non-hydrogen) atoms. The lowest BCUT2D eigenvalue weighted by Gasteiger charge is -2.28. The molecule has 0 bridgehead atoms. The fourth-order valence-corrected chi connectivity index (χ4v) is 3.29. The first-order chi connectivity index (χ1) is 12.3. The van der Waals surface area contributed by atoms with Gasteiger partial charge >= 0.3 is 0 Å². The van der Waals surface area contributed by atoms with Crippen LogP contribution in [0.2, 0.25) is 0 Å². The van der Waals surface area contributed by atoms with E-state index >= 15 is 0 Å². The Hall–Kier alpha value is -2.67. The largest absolute Gasteiger partial charge is 0.340 e. The zero-order valence-corrected chi connectivity index (χ0v) is 14.4. The average Bonchev–Trinajstić information content (AvgIpc) is 3.03. The van der Waals surface area contributed by atoms with Crippen molar-refractivity contribution in [1.82, 2.24) is 24.4 Å². The number of hydrogen-bond acceptors (Lipinski definition) is 5. The second-order valence-electron chi connectivity index (χ2n) is 6.23. The summed E-state index contributed by atoms with van der Waals surface area (Å²) in [5.41, 5.74) is 2.22. The van der Waals surface area contributed by atoms with Gasteiger partial charge in [-0.25, -0.2) is 4.98 Å². The van der Waals surface area contributed by atoms with Crippen molar-refractivity contribution in [3.63, 3.8) is 0 Å². The fourth-order valence-electron chi connectivity index (χ4n) is 3.29. The second kappa shape index (κ2) is 6.68. The number of fused-ring (bicyclic) bond motifs is 1. The molecule has 3 heterocycles. The van der Waals surface area contributed by atoms with Crippen molar-refractivity contribution < 1.29 is 0 Å². The Morgan fingerprint density at radius 1 is 1.16 bits per heavy atom. The van der Waals surface area contributed by atoms with Crippen molar-refractivity contribution in [3.8, 4) is 0 Å². The summed E-state index contributed by atoms with van der Waals surface area (Å²) in [6.07, 6.45) is 1.59. The van der Waals surface area contributed by atoms with E-state index in [2.05, 4.69) is 27.3 Å². The molecule has 0 atom stereocenters. The number of nitrogens with zero attached hydrogens (tertiary/aromatic N) is 5. The summed E-state index contributed by atoms with van der Waals surface area (Å²) in [5.74, 6) is 0.832. The molecular weight excluding hydrogens is 316 g/mol. The first-order valence-electron chi connectivity index (χ1n) is 8.73. The molecule has 0 saturated carbocycles. The summed E-state index contributed by atoms with van der Waals surface area (Å²) in [4.78, 5) is 24.3. The first-order valence-corrected chi connectivity index (χ1v) is 8.73. The van der Waals surface area contributed by atoms with Crippen molar-refractivity contribution in [2.45, 2.75) is 20.0 Å². The SMILES string of the molecule is CCn1cnc2nc(N3CCNCC3)n(Cc3ccccc3)c2c1=O. The zero-order valence-electron chi connectivity index (χ0n) is 14.4. The van der Waals surface area contributed by atoms with Crippen LogP contribution in [-0.4, -0.2) is 45.3 Å².